The van der Waals surface area contributed by atoms with Crippen LogP contribution in [0.4, 0.5) is 17.5 Å². The second-order valence-corrected chi connectivity index (χ2v) is 16.1. The van der Waals surface area contributed by atoms with Crippen LogP contribution in [0.25, 0.3) is 11.0 Å². The van der Waals surface area contributed by atoms with E-state index in [9.17, 15) is 19.2 Å². The summed E-state index contributed by atoms with van der Waals surface area (Å²) in [5.41, 5.74) is 4.55. The Bertz CT molecular complexity index is 2130. The fraction of sp³-hybridized carbons (Fsp3) is 0.512. The van der Waals surface area contributed by atoms with E-state index in [2.05, 4.69) is 48.6 Å². The maximum absolute atomic E-state index is 13.5. The SMILES string of the molecule is CC(=O)c1c(C)c2cnc(Nc3ccc(CCN4CCC(C5CCN(c6cccc(C7CCC(=O)NC7=O)c6)CC5)CC4)cn3)nc2n(C2CCCC2)c1=O. The van der Waals surface area contributed by atoms with Crippen molar-refractivity contribution in [2.24, 2.45) is 11.8 Å². The number of rotatable bonds is 10. The summed E-state index contributed by atoms with van der Waals surface area (Å²) in [4.78, 5) is 69.1. The van der Waals surface area contributed by atoms with Crippen LogP contribution >= 0.6 is 0 Å². The van der Waals surface area contributed by atoms with Gasteiger partial charge in [0.1, 0.15) is 11.5 Å². The first-order valence-electron chi connectivity index (χ1n) is 20.3. The van der Waals surface area contributed by atoms with Gasteiger partial charge < -0.3 is 15.1 Å². The van der Waals surface area contributed by atoms with Crippen LogP contribution in [0.1, 0.15) is 110 Å². The van der Waals surface area contributed by atoms with Crippen LogP contribution in [0, 0.1) is 18.8 Å². The van der Waals surface area contributed by atoms with Crippen molar-refractivity contribution in [3.8, 4) is 0 Å². The number of piperidine rings is 3. The van der Waals surface area contributed by atoms with Crippen LogP contribution in [-0.4, -0.2) is 74.7 Å². The number of benzene rings is 1. The Morgan fingerprint density at radius 3 is 2.33 bits per heavy atom. The van der Waals surface area contributed by atoms with E-state index in [4.69, 9.17) is 4.98 Å². The largest absolute Gasteiger partial charge is 0.372 e. The second kappa shape index (κ2) is 16.0. The zero-order valence-corrected chi connectivity index (χ0v) is 32.1. The number of imide groups is 1. The highest BCUT2D eigenvalue weighted by atomic mass is 16.2. The summed E-state index contributed by atoms with van der Waals surface area (Å²) in [6.45, 7) is 8.60. The Morgan fingerprint density at radius 2 is 1.64 bits per heavy atom. The Kier molecular flexibility index (Phi) is 10.8. The van der Waals surface area contributed by atoms with Gasteiger partial charge in [-0.15, -0.1) is 0 Å². The molecule has 1 aromatic carbocycles. The summed E-state index contributed by atoms with van der Waals surface area (Å²) in [5.74, 6) is 1.72. The third-order valence-electron chi connectivity index (χ3n) is 12.7. The van der Waals surface area contributed by atoms with Gasteiger partial charge in [0.2, 0.25) is 17.8 Å². The Balaban J connectivity index is 0.815. The van der Waals surface area contributed by atoms with Crippen LogP contribution in [0.2, 0.25) is 0 Å². The molecule has 3 aromatic heterocycles. The topological polar surface area (TPSA) is 142 Å². The molecular formula is C43H52N8O4. The highest BCUT2D eigenvalue weighted by Gasteiger charge is 2.32. The number of nitrogens with one attached hydrogen (secondary N) is 2. The quantitative estimate of drug-likeness (QED) is 0.141. The summed E-state index contributed by atoms with van der Waals surface area (Å²) in [7, 11) is 0. The molecule has 2 N–H and O–H groups in total. The first kappa shape index (κ1) is 37.0. The third-order valence-corrected chi connectivity index (χ3v) is 12.7. The molecule has 6 heterocycles. The van der Waals surface area contributed by atoms with Crippen LogP contribution in [0.15, 0.2) is 53.6 Å². The lowest BCUT2D eigenvalue weighted by molar-refractivity contribution is -0.134. The molecule has 3 aliphatic heterocycles. The number of hydrogen-bond acceptors (Lipinski definition) is 10. The maximum atomic E-state index is 13.5. The number of aryl methyl sites for hydroxylation is 1. The first-order chi connectivity index (χ1) is 26.7. The average molecular weight is 745 g/mol. The predicted octanol–water partition coefficient (Wildman–Crippen LogP) is 6.25. The minimum Gasteiger partial charge on any atom is -0.372 e. The molecule has 1 saturated carbocycles. The summed E-state index contributed by atoms with van der Waals surface area (Å²) in [6.07, 6.45) is 14.3. The van der Waals surface area contributed by atoms with Gasteiger partial charge in [-0.25, -0.2) is 9.97 Å². The van der Waals surface area contributed by atoms with Crippen molar-refractivity contribution in [1.29, 1.82) is 0 Å². The number of carbonyl (C=O) groups is 3. The molecule has 1 aliphatic carbocycles. The first-order valence-corrected chi connectivity index (χ1v) is 20.3. The molecule has 1 unspecified atom stereocenters. The molecule has 1 atom stereocenters. The van der Waals surface area contributed by atoms with Gasteiger partial charge in [-0.1, -0.05) is 31.0 Å². The van der Waals surface area contributed by atoms with E-state index in [1.807, 2.05) is 24.4 Å². The average Bonchev–Trinajstić information content (AvgIpc) is 3.72. The number of amides is 2. The van der Waals surface area contributed by atoms with E-state index < -0.39 is 0 Å². The molecule has 0 spiro atoms. The van der Waals surface area contributed by atoms with Crippen molar-refractivity contribution in [2.75, 3.05) is 42.9 Å². The van der Waals surface area contributed by atoms with E-state index in [1.165, 1.54) is 43.9 Å². The number of nitrogens with zero attached hydrogens (tertiary/aromatic N) is 6. The summed E-state index contributed by atoms with van der Waals surface area (Å²) in [5, 5.41) is 6.46. The third kappa shape index (κ3) is 7.92. The number of anilines is 3. The van der Waals surface area contributed by atoms with Crippen molar-refractivity contribution in [2.45, 2.75) is 96.4 Å². The second-order valence-electron chi connectivity index (χ2n) is 16.1. The smallest absolute Gasteiger partial charge is 0.263 e. The van der Waals surface area contributed by atoms with Gasteiger partial charge in [-0.2, -0.15) is 4.98 Å². The van der Waals surface area contributed by atoms with Crippen molar-refractivity contribution in [1.82, 2.24) is 29.7 Å². The minimum absolute atomic E-state index is 0.0307. The van der Waals surface area contributed by atoms with Gasteiger partial charge in [0.15, 0.2) is 5.78 Å². The van der Waals surface area contributed by atoms with Gasteiger partial charge in [0.25, 0.3) is 5.56 Å². The number of fused-ring (bicyclic) bond motifs is 1. The van der Waals surface area contributed by atoms with Crippen molar-refractivity contribution in [3.05, 3.63) is 81.4 Å². The van der Waals surface area contributed by atoms with Crippen molar-refractivity contribution < 1.29 is 14.4 Å². The van der Waals surface area contributed by atoms with Crippen LogP contribution < -0.4 is 21.1 Å². The lowest BCUT2D eigenvalue weighted by atomic mass is 9.78. The monoisotopic (exact) mass is 744 g/mol. The normalized spacial score (nSPS) is 20.6. The molecule has 8 rings (SSSR count). The molecule has 4 aliphatic rings. The molecule has 0 bridgehead atoms. The number of hydrogen-bond donors (Lipinski definition) is 2. The Hall–Kier alpha value is -4.97. The van der Waals surface area contributed by atoms with Crippen molar-refractivity contribution >= 4 is 46.1 Å². The number of likely N-dealkylation sites (tertiary alicyclic amines) is 1. The molecule has 0 radical (unpaired) electrons. The van der Waals surface area contributed by atoms with Crippen LogP contribution in [0.5, 0.6) is 0 Å². The molecule has 3 saturated heterocycles. The summed E-state index contributed by atoms with van der Waals surface area (Å²) in [6, 6.07) is 12.5. The fourth-order valence-electron chi connectivity index (χ4n) is 9.58. The number of carbonyl (C=O) groups excluding carboxylic acids is 3. The van der Waals surface area contributed by atoms with E-state index in [0.29, 0.717) is 35.8 Å². The van der Waals surface area contributed by atoms with E-state index >= 15 is 0 Å². The molecule has 12 nitrogen and oxygen atoms in total. The van der Waals surface area contributed by atoms with Gasteiger partial charge in [-0.3, -0.25) is 29.1 Å². The van der Waals surface area contributed by atoms with Gasteiger partial charge in [-0.05, 0) is 125 Å². The van der Waals surface area contributed by atoms with Gasteiger partial charge in [0, 0.05) is 55.6 Å². The van der Waals surface area contributed by atoms with Crippen LogP contribution in [0.3, 0.4) is 0 Å². The predicted molar refractivity (Wildman–Crippen MR) is 213 cm³/mol. The highest BCUT2D eigenvalue weighted by Crippen LogP contribution is 2.36. The fourth-order valence-corrected chi connectivity index (χ4v) is 9.58. The van der Waals surface area contributed by atoms with E-state index in [-0.39, 0.29) is 40.7 Å². The van der Waals surface area contributed by atoms with Gasteiger partial charge >= 0.3 is 0 Å². The number of pyridine rings is 2. The lowest BCUT2D eigenvalue weighted by Crippen LogP contribution is -2.41. The van der Waals surface area contributed by atoms with Crippen molar-refractivity contribution in [3.63, 3.8) is 0 Å². The molecule has 4 fully saturated rings. The minimum atomic E-state index is -0.255. The van der Waals surface area contributed by atoms with E-state index in [0.717, 1.165) is 87.6 Å². The lowest BCUT2D eigenvalue weighted by Gasteiger charge is -2.41. The standard InChI is InChI=1S/C43H52N8O4/c1-27-36-26-45-43(48-40(36)51(33-7-3-4-8-33)42(55)39(27)28(2)52)46-37-12-10-29(25-44-37)14-19-49-20-15-30(16-21-49)31-17-22-50(23-18-31)34-9-5-6-32(24-34)35-11-13-38(53)47-41(35)54/h5-6,9-10,12,24-26,30-31,33,35H,3-4,7-8,11,13-23H2,1-2H3,(H,47,53,54)(H,44,45,46,48). The number of Topliss-reactive ketones (excluding diaryl/α,β-unsaturated/α-hetero) is 1. The number of ketones is 1. The zero-order chi connectivity index (χ0) is 38.1. The molecule has 55 heavy (non-hydrogen) atoms. The molecular weight excluding hydrogens is 693 g/mol. The highest BCUT2D eigenvalue weighted by molar-refractivity contribution is 6.01. The molecule has 4 aromatic rings. The van der Waals surface area contributed by atoms with Crippen LogP contribution in [-0.2, 0) is 16.0 Å². The van der Waals surface area contributed by atoms with Gasteiger partial charge in [0.05, 0.1) is 11.5 Å². The number of aromatic nitrogens is 4. The maximum Gasteiger partial charge on any atom is 0.263 e. The zero-order valence-electron chi connectivity index (χ0n) is 32.1. The molecule has 2 amide bonds. The Morgan fingerprint density at radius 1 is 0.891 bits per heavy atom. The molecule has 288 valence electrons. The summed E-state index contributed by atoms with van der Waals surface area (Å²) >= 11 is 0. The summed E-state index contributed by atoms with van der Waals surface area (Å²) < 4.78 is 1.73. The Labute approximate surface area is 322 Å². The van der Waals surface area contributed by atoms with E-state index in [1.54, 1.807) is 17.7 Å². The molecule has 12 heteroatoms.